The van der Waals surface area contributed by atoms with Gasteiger partial charge in [0.1, 0.15) is 17.7 Å². The highest BCUT2D eigenvalue weighted by Gasteiger charge is 2.31. The van der Waals surface area contributed by atoms with E-state index >= 15 is 4.39 Å². The second-order valence-electron chi connectivity index (χ2n) is 17.9. The fourth-order valence-electron chi connectivity index (χ4n) is 8.28. The number of carbonyl (C=O) groups excluding carboxylic acids is 3. The van der Waals surface area contributed by atoms with Crippen LogP contribution < -0.4 is 25.0 Å². The zero-order chi connectivity index (χ0) is 46.6. The van der Waals surface area contributed by atoms with Gasteiger partial charge in [-0.25, -0.2) is 32.7 Å². The van der Waals surface area contributed by atoms with Crippen molar-refractivity contribution < 1.29 is 31.9 Å². The number of nitrogens with zero attached hydrogens (tertiary/aromatic N) is 7. The van der Waals surface area contributed by atoms with Crippen molar-refractivity contribution in [2.24, 2.45) is 0 Å². The first-order valence-corrected chi connectivity index (χ1v) is 24.8. The Hall–Kier alpha value is -6.05. The third-order valence-corrected chi connectivity index (χ3v) is 14.8. The molecule has 0 radical (unpaired) electrons. The number of nitrogens with one attached hydrogen (secondary N) is 3. The van der Waals surface area contributed by atoms with Crippen LogP contribution in [0.15, 0.2) is 73.1 Å². The van der Waals surface area contributed by atoms with E-state index in [4.69, 9.17) is 14.7 Å². The molecule has 348 valence electrons. The van der Waals surface area contributed by atoms with E-state index in [1.54, 1.807) is 37.5 Å². The van der Waals surface area contributed by atoms with Crippen LogP contribution in [0.2, 0.25) is 0 Å². The third-order valence-electron chi connectivity index (χ3n) is 11.8. The standard InChI is InChI=1S/C47H55FN10O6S2/c1-5-26-66(62,63)55-36-11-7-10-35(41(36)48)42-43(65-45(54-42)47(2,3)4)37-15-19-50-46(52-37)51-31-8-6-9-33(28-31)64-32-16-20-58(21-17-32)40(60)29-56-22-24-57(25-23-56)38-27-30(14-18-49-38)34-12-13-39(59)53-44(34)61/h6-11,14-15,18-19,27-28,32,34,55H,5,12-13,16-17,20-26,29H2,1-4H3,(H,50,51,52)(H,53,59,61)/t34-/m0/s1. The van der Waals surface area contributed by atoms with Gasteiger partial charge in [0.25, 0.3) is 0 Å². The molecule has 2 aromatic carbocycles. The van der Waals surface area contributed by atoms with Gasteiger partial charge in [-0.2, -0.15) is 0 Å². The van der Waals surface area contributed by atoms with Crippen LogP contribution in [-0.2, 0) is 29.8 Å². The minimum absolute atomic E-state index is 0.0709. The number of halogens is 1. The summed E-state index contributed by atoms with van der Waals surface area (Å²) in [6.07, 6.45) is 5.86. The highest BCUT2D eigenvalue weighted by atomic mass is 32.2. The highest BCUT2D eigenvalue weighted by Crippen LogP contribution is 2.42. The molecular formula is C47H55FN10O6S2. The number of sulfonamides is 1. The third kappa shape index (κ3) is 11.1. The van der Waals surface area contributed by atoms with E-state index in [1.165, 1.54) is 17.4 Å². The summed E-state index contributed by atoms with van der Waals surface area (Å²) >= 11 is 1.40. The first-order chi connectivity index (χ1) is 31.6. The molecule has 3 aliphatic heterocycles. The molecule has 3 saturated heterocycles. The van der Waals surface area contributed by atoms with E-state index in [2.05, 4.69) is 35.1 Å². The predicted molar refractivity (Wildman–Crippen MR) is 253 cm³/mol. The molecule has 5 aromatic rings. The Bertz CT molecular complexity index is 2690. The van der Waals surface area contributed by atoms with Crippen molar-refractivity contribution in [3.8, 4) is 27.6 Å². The lowest BCUT2D eigenvalue weighted by molar-refractivity contribution is -0.135. The molecule has 19 heteroatoms. The normalized spacial score (nSPS) is 17.7. The molecular weight excluding hydrogens is 884 g/mol. The zero-order valence-electron chi connectivity index (χ0n) is 37.5. The Morgan fingerprint density at radius 3 is 2.44 bits per heavy atom. The van der Waals surface area contributed by atoms with Crippen LogP contribution in [0.3, 0.4) is 0 Å². The number of thiazole rings is 1. The lowest BCUT2D eigenvalue weighted by atomic mass is 9.91. The van der Waals surface area contributed by atoms with Gasteiger partial charge in [0.05, 0.1) is 45.2 Å². The van der Waals surface area contributed by atoms with E-state index < -0.39 is 15.8 Å². The second kappa shape index (κ2) is 19.8. The number of anilines is 4. The summed E-state index contributed by atoms with van der Waals surface area (Å²) < 4.78 is 50.0. The minimum Gasteiger partial charge on any atom is -0.490 e. The Kier molecular flexibility index (Phi) is 14.0. The molecule has 0 unspecified atom stereocenters. The minimum atomic E-state index is -3.73. The summed E-state index contributed by atoms with van der Waals surface area (Å²) in [5.74, 6) is 0.161. The molecule has 0 saturated carbocycles. The maximum atomic E-state index is 16.1. The largest absolute Gasteiger partial charge is 0.490 e. The van der Waals surface area contributed by atoms with E-state index in [0.29, 0.717) is 112 Å². The van der Waals surface area contributed by atoms with Crippen molar-refractivity contribution >= 4 is 62.2 Å². The van der Waals surface area contributed by atoms with E-state index in [9.17, 15) is 22.8 Å². The first-order valence-electron chi connectivity index (χ1n) is 22.3. The van der Waals surface area contributed by atoms with Gasteiger partial charge in [-0.1, -0.05) is 39.8 Å². The number of amides is 3. The lowest BCUT2D eigenvalue weighted by Gasteiger charge is -2.37. The van der Waals surface area contributed by atoms with Crippen molar-refractivity contribution in [3.05, 3.63) is 89.4 Å². The van der Waals surface area contributed by atoms with Crippen molar-refractivity contribution in [1.29, 1.82) is 0 Å². The van der Waals surface area contributed by atoms with Crippen molar-refractivity contribution in [2.45, 2.75) is 77.2 Å². The van der Waals surface area contributed by atoms with Gasteiger partial charge in [0.2, 0.25) is 33.7 Å². The van der Waals surface area contributed by atoms with Crippen molar-refractivity contribution in [3.63, 3.8) is 0 Å². The molecule has 16 nitrogen and oxygen atoms in total. The van der Waals surface area contributed by atoms with Crippen LogP contribution in [0.4, 0.5) is 27.5 Å². The van der Waals surface area contributed by atoms with Crippen LogP contribution in [0.1, 0.15) is 76.3 Å². The SMILES string of the molecule is CCCS(=O)(=O)Nc1cccc(-c2nc(C(C)(C)C)sc2-c2ccnc(Nc3cccc(OC4CCN(C(=O)CN5CCN(c6cc([C@@H]7CCC(=O)NC7=O)ccn6)CC5)CC4)c3)n2)c1F. The van der Waals surface area contributed by atoms with Crippen LogP contribution in [0, 0.1) is 5.82 Å². The first kappa shape index (κ1) is 46.5. The van der Waals surface area contributed by atoms with Crippen molar-refractivity contribution in [1.82, 2.24) is 35.1 Å². The summed E-state index contributed by atoms with van der Waals surface area (Å²) in [6, 6.07) is 17.6. The molecule has 3 amide bonds. The number of ether oxygens (including phenoxy) is 1. The summed E-state index contributed by atoms with van der Waals surface area (Å²) in [5.41, 5.74) is 2.09. The molecule has 3 fully saturated rings. The van der Waals surface area contributed by atoms with E-state index in [-0.39, 0.29) is 52.2 Å². The number of piperidine rings is 2. The average molecular weight is 939 g/mol. The number of likely N-dealkylation sites (tertiary alicyclic amines) is 1. The molecule has 3 aromatic heterocycles. The number of rotatable bonds is 14. The Morgan fingerprint density at radius 2 is 1.70 bits per heavy atom. The fraction of sp³-hybridized carbons (Fsp3) is 0.426. The fourth-order valence-corrected chi connectivity index (χ4v) is 10.5. The topological polar surface area (TPSA) is 192 Å². The molecule has 0 bridgehead atoms. The molecule has 6 heterocycles. The summed E-state index contributed by atoms with van der Waals surface area (Å²) in [6.45, 7) is 12.2. The maximum absolute atomic E-state index is 16.1. The Morgan fingerprint density at radius 1 is 0.939 bits per heavy atom. The quantitative estimate of drug-likeness (QED) is 0.0998. The predicted octanol–water partition coefficient (Wildman–Crippen LogP) is 6.71. The van der Waals surface area contributed by atoms with Crippen molar-refractivity contribution in [2.75, 3.05) is 66.5 Å². The molecule has 3 aliphatic rings. The van der Waals surface area contributed by atoms with Crippen LogP contribution in [-0.4, -0.2) is 114 Å². The number of benzene rings is 2. The average Bonchev–Trinajstić information content (AvgIpc) is 3.74. The smallest absolute Gasteiger partial charge is 0.236 e. The number of imide groups is 1. The Balaban J connectivity index is 0.853. The number of piperazine rings is 1. The van der Waals surface area contributed by atoms with E-state index in [1.807, 2.05) is 62.1 Å². The van der Waals surface area contributed by atoms with Gasteiger partial charge in [-0.05, 0) is 60.9 Å². The molecule has 0 aliphatic carbocycles. The van der Waals surface area contributed by atoms with Gasteiger partial charge in [-0.15, -0.1) is 11.3 Å². The number of carbonyl (C=O) groups is 3. The monoisotopic (exact) mass is 938 g/mol. The van der Waals surface area contributed by atoms with Gasteiger partial charge in [-0.3, -0.25) is 29.3 Å². The summed E-state index contributed by atoms with van der Waals surface area (Å²) in [4.78, 5) is 63.1. The number of hydrogen-bond acceptors (Lipinski definition) is 14. The molecule has 0 spiro atoms. The maximum Gasteiger partial charge on any atom is 0.236 e. The van der Waals surface area contributed by atoms with Gasteiger partial charge in [0, 0.05) is 93.7 Å². The number of pyridine rings is 1. The molecule has 1 atom stereocenters. The van der Waals surface area contributed by atoms with Crippen LogP contribution in [0.5, 0.6) is 5.75 Å². The highest BCUT2D eigenvalue weighted by molar-refractivity contribution is 7.92. The van der Waals surface area contributed by atoms with Gasteiger partial charge < -0.3 is 19.9 Å². The number of aromatic nitrogens is 4. The van der Waals surface area contributed by atoms with Crippen LogP contribution >= 0.6 is 11.3 Å². The number of hydrogen-bond donors (Lipinski definition) is 3. The lowest BCUT2D eigenvalue weighted by Crippen LogP contribution is -2.51. The molecule has 66 heavy (non-hydrogen) atoms. The van der Waals surface area contributed by atoms with Gasteiger partial charge in [0.15, 0.2) is 5.82 Å². The summed E-state index contributed by atoms with van der Waals surface area (Å²) in [5, 5.41) is 6.48. The second-order valence-corrected chi connectivity index (χ2v) is 20.7. The zero-order valence-corrected chi connectivity index (χ0v) is 39.2. The summed E-state index contributed by atoms with van der Waals surface area (Å²) in [7, 11) is -3.73. The molecule has 8 rings (SSSR count). The van der Waals surface area contributed by atoms with Crippen LogP contribution in [0.25, 0.3) is 21.8 Å². The Labute approximate surface area is 388 Å². The van der Waals surface area contributed by atoms with Gasteiger partial charge >= 0.3 is 0 Å². The van der Waals surface area contributed by atoms with E-state index in [0.717, 1.165) is 16.4 Å². The molecule has 3 N–H and O–H groups in total.